The van der Waals surface area contributed by atoms with Gasteiger partial charge in [0, 0.05) is 16.8 Å². The fourth-order valence-corrected chi connectivity index (χ4v) is 1.79. The number of hydrogen-bond donors (Lipinski definition) is 0. The van der Waals surface area contributed by atoms with Gasteiger partial charge in [0.25, 0.3) is 0 Å². The minimum Gasteiger partial charge on any atom is -0.497 e. The summed E-state index contributed by atoms with van der Waals surface area (Å²) in [6.07, 6.45) is 1.90. The lowest BCUT2D eigenvalue weighted by molar-refractivity contribution is 0.415. The predicted octanol–water partition coefficient (Wildman–Crippen LogP) is 3.78. The molecule has 0 radical (unpaired) electrons. The van der Waals surface area contributed by atoms with Crippen molar-refractivity contribution in [3.05, 3.63) is 46.3 Å². The Morgan fingerprint density at radius 3 is 2.69 bits per heavy atom. The average Bonchev–Trinajstić information content (AvgIpc) is 2.35. The molecule has 0 saturated carbocycles. The molecular weight excluding hydrogens is 270 g/mol. The van der Waals surface area contributed by atoms with Gasteiger partial charge in [0.15, 0.2) is 0 Å². The lowest BCUT2D eigenvalue weighted by Gasteiger charge is -2.05. The monoisotopic (exact) mass is 281 g/mol. The Morgan fingerprint density at radius 1 is 1.50 bits per heavy atom. The lowest BCUT2D eigenvalue weighted by Crippen LogP contribution is -1.88. The molecule has 84 valence electrons. The summed E-state index contributed by atoms with van der Waals surface area (Å²) in [6, 6.07) is 7.75. The zero-order chi connectivity index (χ0) is 11.8. The molecule has 0 aliphatic rings. The van der Waals surface area contributed by atoms with Gasteiger partial charge in [-0.2, -0.15) is 0 Å². The number of hydrogen-bond acceptors (Lipinski definition) is 2. The first-order valence-corrected chi connectivity index (χ1v) is 5.84. The first-order chi connectivity index (χ1) is 7.81. The first kappa shape index (κ1) is 12.6. The Balaban J connectivity index is 2.86. The van der Waals surface area contributed by atoms with E-state index in [-0.39, 0.29) is 0 Å². The molecule has 0 saturated heterocycles. The second-order valence-corrected chi connectivity index (χ2v) is 3.57. The van der Waals surface area contributed by atoms with Crippen LogP contribution in [0.3, 0.4) is 0 Å². The fourth-order valence-electron chi connectivity index (χ4n) is 1.24. The Bertz CT molecular complexity index is 408. The highest BCUT2D eigenvalue weighted by molar-refractivity contribution is 9.09. The summed E-state index contributed by atoms with van der Waals surface area (Å²) in [5, 5.41) is 4.20. The zero-order valence-corrected chi connectivity index (χ0v) is 10.5. The van der Waals surface area contributed by atoms with E-state index in [1.54, 1.807) is 7.11 Å². The third kappa shape index (κ3) is 3.61. The molecule has 0 heterocycles. The van der Waals surface area contributed by atoms with Crippen LogP contribution in [0.4, 0.5) is 0 Å². The summed E-state index contributed by atoms with van der Waals surface area (Å²) < 4.78 is 5.08. The van der Waals surface area contributed by atoms with Crippen LogP contribution in [0, 0.1) is 0 Å². The van der Waals surface area contributed by atoms with Crippen LogP contribution >= 0.6 is 15.9 Å². The number of nitrogens with zero attached hydrogens (tertiary/aromatic N) is 3. The molecule has 0 atom stereocenters. The highest BCUT2D eigenvalue weighted by Crippen LogP contribution is 2.20. The van der Waals surface area contributed by atoms with Crippen molar-refractivity contribution >= 4 is 21.5 Å². The van der Waals surface area contributed by atoms with E-state index in [1.807, 2.05) is 30.3 Å². The summed E-state index contributed by atoms with van der Waals surface area (Å²) in [5.74, 6) is 0.827. The van der Waals surface area contributed by atoms with Gasteiger partial charge in [-0.1, -0.05) is 39.3 Å². The molecule has 0 unspecified atom stereocenters. The number of benzene rings is 1. The van der Waals surface area contributed by atoms with Gasteiger partial charge < -0.3 is 4.74 Å². The predicted molar refractivity (Wildman–Crippen MR) is 68.8 cm³/mol. The SMILES string of the molecule is COc1ccc(C(=CCN=[N+]=[N-])CBr)cc1. The summed E-state index contributed by atoms with van der Waals surface area (Å²) in [6.45, 7) is 0.365. The van der Waals surface area contributed by atoms with E-state index in [0.29, 0.717) is 6.54 Å². The summed E-state index contributed by atoms with van der Waals surface area (Å²) >= 11 is 3.41. The van der Waals surface area contributed by atoms with Crippen molar-refractivity contribution < 1.29 is 4.74 Å². The second-order valence-electron chi connectivity index (χ2n) is 3.00. The fraction of sp³-hybridized carbons (Fsp3) is 0.273. The maximum absolute atomic E-state index is 8.19. The van der Waals surface area contributed by atoms with Gasteiger partial charge in [-0.15, -0.1) is 0 Å². The van der Waals surface area contributed by atoms with Crippen LogP contribution in [-0.4, -0.2) is 19.0 Å². The molecule has 0 aliphatic heterocycles. The normalized spacial score (nSPS) is 10.8. The molecule has 5 heteroatoms. The Hall–Kier alpha value is -1.45. The number of halogens is 1. The molecule has 0 bridgehead atoms. The van der Waals surface area contributed by atoms with Crippen molar-refractivity contribution in [3.8, 4) is 5.75 Å². The Kier molecular flexibility index (Phi) is 5.46. The number of alkyl halides is 1. The lowest BCUT2D eigenvalue weighted by atomic mass is 10.1. The number of methoxy groups -OCH3 is 1. The van der Waals surface area contributed by atoms with Gasteiger partial charge in [0.2, 0.25) is 0 Å². The van der Waals surface area contributed by atoms with Crippen LogP contribution < -0.4 is 4.74 Å². The van der Waals surface area contributed by atoms with Crippen LogP contribution in [-0.2, 0) is 0 Å². The van der Waals surface area contributed by atoms with Crippen LogP contribution in [0.25, 0.3) is 16.0 Å². The minimum absolute atomic E-state index is 0.365. The second kappa shape index (κ2) is 6.93. The molecule has 16 heavy (non-hydrogen) atoms. The van der Waals surface area contributed by atoms with E-state index in [2.05, 4.69) is 26.0 Å². The molecule has 1 aromatic rings. The van der Waals surface area contributed by atoms with Crippen LogP contribution in [0.2, 0.25) is 0 Å². The third-order valence-corrected chi connectivity index (χ3v) is 2.69. The smallest absolute Gasteiger partial charge is 0.118 e. The van der Waals surface area contributed by atoms with E-state index in [1.165, 1.54) is 0 Å². The number of azide groups is 1. The zero-order valence-electron chi connectivity index (χ0n) is 8.93. The molecule has 1 aromatic carbocycles. The first-order valence-electron chi connectivity index (χ1n) is 4.72. The molecule has 1 rings (SSSR count). The number of rotatable bonds is 5. The van der Waals surface area contributed by atoms with Crippen molar-refractivity contribution in [3.63, 3.8) is 0 Å². The van der Waals surface area contributed by atoms with Gasteiger partial charge in [-0.3, -0.25) is 0 Å². The maximum atomic E-state index is 8.19. The highest BCUT2D eigenvalue weighted by Gasteiger charge is 1.99. The number of ether oxygens (including phenoxy) is 1. The molecule has 4 nitrogen and oxygen atoms in total. The highest BCUT2D eigenvalue weighted by atomic mass is 79.9. The van der Waals surface area contributed by atoms with Gasteiger partial charge in [-0.05, 0) is 28.8 Å². The van der Waals surface area contributed by atoms with Crippen LogP contribution in [0.15, 0.2) is 35.5 Å². The quantitative estimate of drug-likeness (QED) is 0.351. The van der Waals surface area contributed by atoms with Gasteiger partial charge in [0.05, 0.1) is 7.11 Å². The minimum atomic E-state index is 0.365. The topological polar surface area (TPSA) is 58.0 Å². The van der Waals surface area contributed by atoms with E-state index in [4.69, 9.17) is 10.3 Å². The van der Waals surface area contributed by atoms with E-state index < -0.39 is 0 Å². The summed E-state index contributed by atoms with van der Waals surface area (Å²) in [5.41, 5.74) is 10.4. The summed E-state index contributed by atoms with van der Waals surface area (Å²) in [7, 11) is 1.64. The molecular formula is C11H12BrN3O. The molecule has 0 fully saturated rings. The van der Waals surface area contributed by atoms with Gasteiger partial charge in [0.1, 0.15) is 5.75 Å². The molecule has 0 N–H and O–H groups in total. The van der Waals surface area contributed by atoms with E-state index in [9.17, 15) is 0 Å². The van der Waals surface area contributed by atoms with Crippen molar-refractivity contribution in [2.24, 2.45) is 5.11 Å². The standard InChI is InChI=1S/C11H12BrN3O/c1-16-11-4-2-9(3-5-11)10(8-12)6-7-14-15-13/h2-6H,7-8H2,1H3. The molecule has 0 aliphatic carbocycles. The molecule has 0 spiro atoms. The van der Waals surface area contributed by atoms with Crippen molar-refractivity contribution in [2.75, 3.05) is 19.0 Å². The Morgan fingerprint density at radius 2 is 2.19 bits per heavy atom. The third-order valence-electron chi connectivity index (χ3n) is 2.09. The number of allylic oxidation sites excluding steroid dienone is 1. The van der Waals surface area contributed by atoms with E-state index >= 15 is 0 Å². The molecule has 0 amide bonds. The summed E-state index contributed by atoms with van der Waals surface area (Å²) in [4.78, 5) is 2.71. The maximum Gasteiger partial charge on any atom is 0.118 e. The van der Waals surface area contributed by atoms with Gasteiger partial charge >= 0.3 is 0 Å². The van der Waals surface area contributed by atoms with Crippen molar-refractivity contribution in [2.45, 2.75) is 0 Å². The van der Waals surface area contributed by atoms with Crippen LogP contribution in [0.5, 0.6) is 5.75 Å². The van der Waals surface area contributed by atoms with E-state index in [0.717, 1.165) is 22.2 Å². The van der Waals surface area contributed by atoms with Crippen molar-refractivity contribution in [1.82, 2.24) is 0 Å². The van der Waals surface area contributed by atoms with Gasteiger partial charge in [-0.25, -0.2) is 0 Å². The average molecular weight is 282 g/mol. The largest absolute Gasteiger partial charge is 0.497 e. The van der Waals surface area contributed by atoms with Crippen molar-refractivity contribution in [1.29, 1.82) is 0 Å². The van der Waals surface area contributed by atoms with Crippen LogP contribution in [0.1, 0.15) is 5.56 Å². The molecule has 0 aromatic heterocycles. The Labute approximate surface area is 103 Å².